The van der Waals surface area contributed by atoms with Gasteiger partial charge in [-0.3, -0.25) is 0 Å². The number of hydrogen-bond acceptors (Lipinski definition) is 3. The molecule has 0 aromatic heterocycles. The highest BCUT2D eigenvalue weighted by molar-refractivity contribution is 6.32. The van der Waals surface area contributed by atoms with E-state index in [1.165, 1.54) is 0 Å². The molecule has 0 amide bonds. The quantitative estimate of drug-likeness (QED) is 0.844. The summed E-state index contributed by atoms with van der Waals surface area (Å²) in [5.74, 6) is 1.38. The highest BCUT2D eigenvalue weighted by atomic mass is 35.5. The van der Waals surface area contributed by atoms with Gasteiger partial charge in [-0.2, -0.15) is 0 Å². The maximum Gasteiger partial charge on any atom is 0.141 e. The molecule has 1 aromatic rings. The predicted molar refractivity (Wildman–Crippen MR) is 61.7 cm³/mol. The molecule has 0 aliphatic rings. The molecule has 0 fully saturated rings. The van der Waals surface area contributed by atoms with Crippen LogP contribution in [0.4, 0.5) is 0 Å². The zero-order valence-corrected chi connectivity index (χ0v) is 9.80. The fourth-order valence-electron chi connectivity index (χ4n) is 1.29. The van der Waals surface area contributed by atoms with Gasteiger partial charge < -0.3 is 15.2 Å². The Kier molecular flexibility index (Phi) is 4.72. The van der Waals surface area contributed by atoms with E-state index < -0.39 is 0 Å². The molecule has 2 N–H and O–H groups in total. The molecule has 0 aliphatic heterocycles. The number of rotatable bonds is 5. The average molecular weight is 230 g/mol. The van der Waals surface area contributed by atoms with Crippen LogP contribution in [0.25, 0.3) is 0 Å². The normalized spacial score (nSPS) is 10.1. The van der Waals surface area contributed by atoms with Crippen molar-refractivity contribution in [1.82, 2.24) is 0 Å². The van der Waals surface area contributed by atoms with Crippen molar-refractivity contribution in [3.63, 3.8) is 0 Å². The Morgan fingerprint density at radius 3 is 2.27 bits per heavy atom. The SMILES string of the molecule is CCOc1cc(OCC)c(CN)cc1Cl. The molecule has 0 heterocycles. The Morgan fingerprint density at radius 1 is 1.13 bits per heavy atom. The molecule has 1 rings (SSSR count). The van der Waals surface area contributed by atoms with E-state index in [-0.39, 0.29) is 0 Å². The molecule has 0 saturated carbocycles. The minimum Gasteiger partial charge on any atom is -0.493 e. The summed E-state index contributed by atoms with van der Waals surface area (Å²) >= 11 is 6.02. The van der Waals surface area contributed by atoms with E-state index in [0.717, 1.165) is 11.3 Å². The van der Waals surface area contributed by atoms with Gasteiger partial charge in [0.25, 0.3) is 0 Å². The van der Waals surface area contributed by atoms with Gasteiger partial charge in [-0.05, 0) is 19.9 Å². The van der Waals surface area contributed by atoms with E-state index in [1.807, 2.05) is 13.8 Å². The largest absolute Gasteiger partial charge is 0.493 e. The molecular formula is C11H16ClNO2. The smallest absolute Gasteiger partial charge is 0.141 e. The van der Waals surface area contributed by atoms with Gasteiger partial charge in [-0.15, -0.1) is 0 Å². The lowest BCUT2D eigenvalue weighted by Crippen LogP contribution is -2.03. The van der Waals surface area contributed by atoms with E-state index in [1.54, 1.807) is 12.1 Å². The third-order valence-corrected chi connectivity index (χ3v) is 2.23. The summed E-state index contributed by atoms with van der Waals surface area (Å²) in [5.41, 5.74) is 6.49. The molecule has 0 spiro atoms. The van der Waals surface area contributed by atoms with Crippen LogP contribution in [0.15, 0.2) is 12.1 Å². The highest BCUT2D eigenvalue weighted by Gasteiger charge is 2.09. The van der Waals surface area contributed by atoms with Crippen molar-refractivity contribution < 1.29 is 9.47 Å². The number of ether oxygens (including phenoxy) is 2. The fourth-order valence-corrected chi connectivity index (χ4v) is 1.53. The van der Waals surface area contributed by atoms with E-state index >= 15 is 0 Å². The van der Waals surface area contributed by atoms with Crippen LogP contribution < -0.4 is 15.2 Å². The Labute approximate surface area is 95.1 Å². The Hall–Kier alpha value is -0.930. The average Bonchev–Trinajstić information content (AvgIpc) is 2.23. The maximum atomic E-state index is 6.02. The number of halogens is 1. The van der Waals surface area contributed by atoms with Gasteiger partial charge >= 0.3 is 0 Å². The first-order valence-corrected chi connectivity index (χ1v) is 5.38. The second-order valence-electron chi connectivity index (χ2n) is 2.96. The number of nitrogens with two attached hydrogens (primary N) is 1. The lowest BCUT2D eigenvalue weighted by molar-refractivity contribution is 0.321. The van der Waals surface area contributed by atoms with Crippen molar-refractivity contribution in [2.24, 2.45) is 5.73 Å². The number of benzene rings is 1. The van der Waals surface area contributed by atoms with Gasteiger partial charge in [0.15, 0.2) is 0 Å². The van der Waals surface area contributed by atoms with E-state index in [4.69, 9.17) is 26.8 Å². The standard InChI is InChI=1S/C11H16ClNO2/c1-3-14-10-6-11(15-4-2)9(12)5-8(10)7-13/h5-6H,3-4,7,13H2,1-2H3. The summed E-state index contributed by atoms with van der Waals surface area (Å²) in [6, 6.07) is 3.58. The van der Waals surface area contributed by atoms with E-state index in [2.05, 4.69) is 0 Å². The first kappa shape index (κ1) is 12.1. The van der Waals surface area contributed by atoms with Gasteiger partial charge in [-0.1, -0.05) is 11.6 Å². The molecular weight excluding hydrogens is 214 g/mol. The number of hydrogen-bond donors (Lipinski definition) is 1. The maximum absolute atomic E-state index is 6.02. The van der Waals surface area contributed by atoms with Crippen LogP contribution in [0, 0.1) is 0 Å². The van der Waals surface area contributed by atoms with Crippen LogP contribution in [0.1, 0.15) is 19.4 Å². The van der Waals surface area contributed by atoms with Crippen molar-refractivity contribution in [2.75, 3.05) is 13.2 Å². The molecule has 0 unspecified atom stereocenters. The summed E-state index contributed by atoms with van der Waals surface area (Å²) in [6.07, 6.45) is 0. The summed E-state index contributed by atoms with van der Waals surface area (Å²) < 4.78 is 10.8. The second-order valence-corrected chi connectivity index (χ2v) is 3.37. The van der Waals surface area contributed by atoms with Crippen LogP contribution in [-0.4, -0.2) is 13.2 Å². The van der Waals surface area contributed by atoms with Crippen LogP contribution in [-0.2, 0) is 6.54 Å². The molecule has 0 radical (unpaired) electrons. The topological polar surface area (TPSA) is 44.5 Å². The minimum absolute atomic E-state index is 0.404. The van der Waals surface area contributed by atoms with Crippen LogP contribution in [0.2, 0.25) is 5.02 Å². The first-order valence-electron chi connectivity index (χ1n) is 5.01. The van der Waals surface area contributed by atoms with Crippen molar-refractivity contribution in [3.05, 3.63) is 22.7 Å². The Bertz CT molecular complexity index is 329. The summed E-state index contributed by atoms with van der Waals surface area (Å²) in [5, 5.41) is 0.570. The van der Waals surface area contributed by atoms with Gasteiger partial charge in [0, 0.05) is 18.2 Å². The van der Waals surface area contributed by atoms with Crippen LogP contribution in [0.3, 0.4) is 0 Å². The van der Waals surface area contributed by atoms with Gasteiger partial charge in [0.1, 0.15) is 11.5 Å². The Balaban J connectivity index is 3.05. The molecule has 3 nitrogen and oxygen atoms in total. The minimum atomic E-state index is 0.404. The zero-order chi connectivity index (χ0) is 11.3. The van der Waals surface area contributed by atoms with Crippen LogP contribution in [0.5, 0.6) is 11.5 Å². The third kappa shape index (κ3) is 3.01. The van der Waals surface area contributed by atoms with E-state index in [0.29, 0.717) is 30.5 Å². The Morgan fingerprint density at radius 2 is 1.73 bits per heavy atom. The summed E-state index contributed by atoms with van der Waals surface area (Å²) in [6.45, 7) is 5.41. The second kappa shape index (κ2) is 5.83. The lowest BCUT2D eigenvalue weighted by atomic mass is 10.2. The summed E-state index contributed by atoms with van der Waals surface area (Å²) in [4.78, 5) is 0. The fraction of sp³-hybridized carbons (Fsp3) is 0.455. The molecule has 4 heteroatoms. The molecule has 15 heavy (non-hydrogen) atoms. The van der Waals surface area contributed by atoms with Crippen molar-refractivity contribution >= 4 is 11.6 Å². The first-order chi connectivity index (χ1) is 7.22. The molecule has 0 atom stereocenters. The van der Waals surface area contributed by atoms with Crippen molar-refractivity contribution in [3.8, 4) is 11.5 Å². The van der Waals surface area contributed by atoms with Crippen molar-refractivity contribution in [2.45, 2.75) is 20.4 Å². The lowest BCUT2D eigenvalue weighted by Gasteiger charge is -2.12. The van der Waals surface area contributed by atoms with E-state index in [9.17, 15) is 0 Å². The van der Waals surface area contributed by atoms with Crippen molar-refractivity contribution in [1.29, 1.82) is 0 Å². The highest BCUT2D eigenvalue weighted by Crippen LogP contribution is 2.32. The predicted octanol–water partition coefficient (Wildman–Crippen LogP) is 2.60. The molecule has 84 valence electrons. The zero-order valence-electron chi connectivity index (χ0n) is 9.05. The molecule has 1 aromatic carbocycles. The van der Waals surface area contributed by atoms with Gasteiger partial charge in [0.2, 0.25) is 0 Å². The van der Waals surface area contributed by atoms with Crippen LogP contribution >= 0.6 is 11.6 Å². The molecule has 0 aliphatic carbocycles. The molecule has 0 saturated heterocycles. The molecule has 0 bridgehead atoms. The van der Waals surface area contributed by atoms with Gasteiger partial charge in [0.05, 0.1) is 18.2 Å². The summed E-state index contributed by atoms with van der Waals surface area (Å²) in [7, 11) is 0. The monoisotopic (exact) mass is 229 g/mol. The third-order valence-electron chi connectivity index (χ3n) is 1.93. The van der Waals surface area contributed by atoms with Gasteiger partial charge in [-0.25, -0.2) is 0 Å².